The summed E-state index contributed by atoms with van der Waals surface area (Å²) in [5.74, 6) is 0.114. The molecule has 0 aliphatic carbocycles. The molecule has 0 amide bonds. The van der Waals surface area contributed by atoms with Crippen molar-refractivity contribution in [2.24, 2.45) is 0 Å². The molecular formula is C10H12ClNO5. The Morgan fingerprint density at radius 1 is 1.35 bits per heavy atom. The van der Waals surface area contributed by atoms with Crippen LogP contribution in [0.15, 0.2) is 12.1 Å². The predicted octanol–water partition coefficient (Wildman–Crippen LogP) is 2.33. The number of methoxy groups -OCH3 is 2. The number of hydrogen-bond donors (Lipinski definition) is 0. The van der Waals surface area contributed by atoms with Crippen LogP contribution in [0.4, 0.5) is 5.69 Å². The number of nitrogens with zero attached hydrogens (tertiary/aromatic N) is 1. The molecule has 1 aromatic rings. The Bertz CT molecular complexity index is 408. The third-order valence-electron chi connectivity index (χ3n) is 1.60. The van der Waals surface area contributed by atoms with Gasteiger partial charge in [0.25, 0.3) is 5.69 Å². The molecule has 0 aliphatic rings. The van der Waals surface area contributed by atoms with Gasteiger partial charge >= 0.3 is 0 Å². The topological polar surface area (TPSA) is 78.7 Å². The Kier molecular flexibility index (Phi) is 6.85. The molecule has 1 rings (SSSR count). The van der Waals surface area contributed by atoms with Crippen LogP contribution in [0.1, 0.15) is 10.4 Å². The van der Waals surface area contributed by atoms with Crippen LogP contribution in [0.5, 0.6) is 5.75 Å². The SMILES string of the molecule is COC.COc1cc(C=O)cc([N+](=O)[O-])c1Cl. The Balaban J connectivity index is 0.000000770. The molecular weight excluding hydrogens is 250 g/mol. The van der Waals surface area contributed by atoms with Crippen LogP contribution in [-0.4, -0.2) is 32.5 Å². The molecule has 6 nitrogen and oxygen atoms in total. The highest BCUT2D eigenvalue weighted by atomic mass is 35.5. The standard InChI is InChI=1S/C8H6ClNO4.C2H6O/c1-14-7-3-5(4-11)2-6(8(7)9)10(12)13;1-3-2/h2-4H,1H3;1-2H3. The summed E-state index contributed by atoms with van der Waals surface area (Å²) in [6, 6.07) is 2.43. The zero-order valence-electron chi connectivity index (χ0n) is 9.60. The lowest BCUT2D eigenvalue weighted by Crippen LogP contribution is -1.94. The minimum atomic E-state index is -0.669. The average molecular weight is 262 g/mol. The Hall–Kier alpha value is -1.66. The Morgan fingerprint density at radius 2 is 1.88 bits per heavy atom. The molecule has 0 N–H and O–H groups in total. The summed E-state index contributed by atoms with van der Waals surface area (Å²) < 4.78 is 9.03. The molecule has 94 valence electrons. The first kappa shape index (κ1) is 15.3. The predicted molar refractivity (Wildman–Crippen MR) is 63.0 cm³/mol. The lowest BCUT2D eigenvalue weighted by atomic mass is 10.2. The van der Waals surface area contributed by atoms with E-state index >= 15 is 0 Å². The first-order valence-corrected chi connectivity index (χ1v) is 4.76. The van der Waals surface area contributed by atoms with Gasteiger partial charge in [0, 0.05) is 25.8 Å². The molecule has 0 saturated carbocycles. The second-order valence-corrected chi connectivity index (χ2v) is 3.22. The molecule has 0 bridgehead atoms. The summed E-state index contributed by atoms with van der Waals surface area (Å²) in [6.45, 7) is 0. The molecule has 1 aromatic carbocycles. The molecule has 0 fully saturated rings. The number of nitro groups is 1. The molecule has 0 aliphatic heterocycles. The summed E-state index contributed by atoms with van der Waals surface area (Å²) >= 11 is 5.65. The number of aldehydes is 1. The Labute approximate surface area is 103 Å². The van der Waals surface area contributed by atoms with Crippen LogP contribution >= 0.6 is 11.6 Å². The van der Waals surface area contributed by atoms with E-state index < -0.39 is 4.92 Å². The van der Waals surface area contributed by atoms with Gasteiger partial charge in [-0.25, -0.2) is 0 Å². The minimum absolute atomic E-state index is 0.108. The third-order valence-corrected chi connectivity index (χ3v) is 1.97. The van der Waals surface area contributed by atoms with E-state index in [1.54, 1.807) is 14.2 Å². The number of hydrogen-bond acceptors (Lipinski definition) is 5. The number of carbonyl (C=O) groups excluding carboxylic acids is 1. The number of ether oxygens (including phenoxy) is 2. The second-order valence-electron chi connectivity index (χ2n) is 2.84. The van der Waals surface area contributed by atoms with Gasteiger partial charge < -0.3 is 9.47 Å². The maximum atomic E-state index is 10.5. The molecule has 0 saturated heterocycles. The molecule has 0 atom stereocenters. The van der Waals surface area contributed by atoms with Gasteiger partial charge in [-0.3, -0.25) is 14.9 Å². The number of halogens is 1. The monoisotopic (exact) mass is 261 g/mol. The van der Waals surface area contributed by atoms with Gasteiger partial charge in [0.15, 0.2) is 5.02 Å². The van der Waals surface area contributed by atoms with Crippen molar-refractivity contribution < 1.29 is 19.2 Å². The maximum Gasteiger partial charge on any atom is 0.292 e. The van der Waals surface area contributed by atoms with Crippen LogP contribution < -0.4 is 4.74 Å². The van der Waals surface area contributed by atoms with E-state index in [4.69, 9.17) is 16.3 Å². The van der Waals surface area contributed by atoms with Crippen LogP contribution in [0.25, 0.3) is 0 Å². The number of nitro benzene ring substituents is 1. The van der Waals surface area contributed by atoms with Crippen LogP contribution in [0.2, 0.25) is 5.02 Å². The van der Waals surface area contributed by atoms with Gasteiger partial charge in [0.05, 0.1) is 12.0 Å². The van der Waals surface area contributed by atoms with Crippen molar-refractivity contribution in [2.75, 3.05) is 21.3 Å². The van der Waals surface area contributed by atoms with Crippen molar-refractivity contribution in [2.45, 2.75) is 0 Å². The van der Waals surface area contributed by atoms with Crippen molar-refractivity contribution in [3.05, 3.63) is 32.8 Å². The van der Waals surface area contributed by atoms with Gasteiger partial charge in [-0.2, -0.15) is 0 Å². The summed E-state index contributed by atoms with van der Waals surface area (Å²) in [7, 11) is 4.57. The fourth-order valence-corrected chi connectivity index (χ4v) is 1.21. The quantitative estimate of drug-likeness (QED) is 0.474. The van der Waals surface area contributed by atoms with Gasteiger partial charge in [-0.1, -0.05) is 11.6 Å². The van der Waals surface area contributed by atoms with Crippen molar-refractivity contribution in [3.8, 4) is 5.75 Å². The van der Waals surface area contributed by atoms with Gasteiger partial charge in [0.1, 0.15) is 12.0 Å². The Morgan fingerprint density at radius 3 is 2.24 bits per heavy atom. The smallest absolute Gasteiger partial charge is 0.292 e. The van der Waals surface area contributed by atoms with Gasteiger partial charge in [-0.15, -0.1) is 0 Å². The number of carbonyl (C=O) groups is 1. The van der Waals surface area contributed by atoms with E-state index in [9.17, 15) is 14.9 Å². The van der Waals surface area contributed by atoms with Gasteiger partial charge in [-0.05, 0) is 6.07 Å². The first-order chi connectivity index (χ1) is 8.01. The van der Waals surface area contributed by atoms with E-state index in [2.05, 4.69) is 4.74 Å². The highest BCUT2D eigenvalue weighted by Gasteiger charge is 2.18. The fourth-order valence-electron chi connectivity index (χ4n) is 0.953. The van der Waals surface area contributed by atoms with Crippen molar-refractivity contribution in [1.29, 1.82) is 0 Å². The second kappa shape index (κ2) is 7.59. The number of rotatable bonds is 3. The van der Waals surface area contributed by atoms with Crippen LogP contribution in [-0.2, 0) is 4.74 Å². The van der Waals surface area contributed by atoms with E-state index in [1.165, 1.54) is 13.2 Å². The molecule has 0 spiro atoms. The van der Waals surface area contributed by atoms with Crippen LogP contribution in [0, 0.1) is 10.1 Å². The lowest BCUT2D eigenvalue weighted by molar-refractivity contribution is -0.384. The summed E-state index contributed by atoms with van der Waals surface area (Å²) in [4.78, 5) is 20.3. The molecule has 0 heterocycles. The summed E-state index contributed by atoms with van der Waals surface area (Å²) in [6.07, 6.45) is 0.492. The summed E-state index contributed by atoms with van der Waals surface area (Å²) in [5.41, 5.74) is -0.189. The zero-order chi connectivity index (χ0) is 13.4. The van der Waals surface area contributed by atoms with Crippen molar-refractivity contribution >= 4 is 23.6 Å². The average Bonchev–Trinajstić information content (AvgIpc) is 2.30. The number of benzene rings is 1. The van der Waals surface area contributed by atoms with E-state index in [0.29, 0.717) is 6.29 Å². The lowest BCUT2D eigenvalue weighted by Gasteiger charge is -2.03. The third kappa shape index (κ3) is 4.38. The van der Waals surface area contributed by atoms with E-state index in [1.807, 2.05) is 0 Å². The fraction of sp³-hybridized carbons (Fsp3) is 0.300. The molecule has 17 heavy (non-hydrogen) atoms. The van der Waals surface area contributed by atoms with Crippen molar-refractivity contribution in [3.63, 3.8) is 0 Å². The van der Waals surface area contributed by atoms with Crippen LogP contribution in [0.3, 0.4) is 0 Å². The van der Waals surface area contributed by atoms with E-state index in [-0.39, 0.29) is 22.0 Å². The highest BCUT2D eigenvalue weighted by molar-refractivity contribution is 6.34. The largest absolute Gasteiger partial charge is 0.495 e. The highest BCUT2D eigenvalue weighted by Crippen LogP contribution is 2.34. The van der Waals surface area contributed by atoms with Crippen molar-refractivity contribution in [1.82, 2.24) is 0 Å². The molecule has 0 aromatic heterocycles. The first-order valence-electron chi connectivity index (χ1n) is 4.39. The molecule has 0 radical (unpaired) electrons. The maximum absolute atomic E-state index is 10.5. The normalized spacial score (nSPS) is 8.94. The molecule has 7 heteroatoms. The minimum Gasteiger partial charge on any atom is -0.495 e. The summed E-state index contributed by atoms with van der Waals surface area (Å²) in [5, 5.41) is 10.4. The zero-order valence-corrected chi connectivity index (χ0v) is 10.4. The molecule has 0 unspecified atom stereocenters. The van der Waals surface area contributed by atoms with Gasteiger partial charge in [0.2, 0.25) is 0 Å². The van der Waals surface area contributed by atoms with E-state index in [0.717, 1.165) is 6.07 Å².